The van der Waals surface area contributed by atoms with E-state index in [0.717, 1.165) is 32.1 Å². The van der Waals surface area contributed by atoms with Crippen molar-refractivity contribution in [3.8, 4) is 6.07 Å². The Hall–Kier alpha value is -0.590. The van der Waals surface area contributed by atoms with Crippen molar-refractivity contribution in [1.82, 2.24) is 0 Å². The molecule has 11 atom stereocenters. The summed E-state index contributed by atoms with van der Waals surface area (Å²) in [5, 5.41) is 31.2. The van der Waals surface area contributed by atoms with E-state index in [9.17, 15) is 10.2 Å². The summed E-state index contributed by atoms with van der Waals surface area (Å²) in [4.78, 5) is 0. The highest BCUT2D eigenvalue weighted by atomic mass is 16.3. The van der Waals surface area contributed by atoms with E-state index in [-0.39, 0.29) is 17.6 Å². The van der Waals surface area contributed by atoms with Gasteiger partial charge in [-0.15, -0.1) is 0 Å². The summed E-state index contributed by atoms with van der Waals surface area (Å²) in [5.74, 6) is 3.80. The Morgan fingerprint density at radius 3 is 2.38 bits per heavy atom. The van der Waals surface area contributed by atoms with Gasteiger partial charge in [0.1, 0.15) is 0 Å². The maximum absolute atomic E-state index is 11.7. The predicted molar refractivity (Wildman–Crippen MR) is 116 cm³/mol. The molecule has 0 radical (unpaired) electrons. The summed E-state index contributed by atoms with van der Waals surface area (Å²) in [6, 6.07) is 2.35. The second kappa shape index (κ2) is 7.83. The summed E-state index contributed by atoms with van der Waals surface area (Å²) < 4.78 is 0. The Kier molecular flexibility index (Phi) is 5.84. The minimum absolute atomic E-state index is 0.170. The second-order valence-electron chi connectivity index (χ2n) is 11.8. The Morgan fingerprint density at radius 1 is 1.00 bits per heavy atom. The molecule has 3 heteroatoms. The summed E-state index contributed by atoms with van der Waals surface area (Å²) in [5.41, 5.74) is 0.613. The Balaban J connectivity index is 1.64. The number of fused-ring (bicyclic) bond motifs is 5. The lowest BCUT2D eigenvalue weighted by Crippen LogP contribution is -2.62. The second-order valence-corrected chi connectivity index (χ2v) is 11.8. The van der Waals surface area contributed by atoms with Crippen molar-refractivity contribution in [2.75, 3.05) is 0 Å². The van der Waals surface area contributed by atoms with Gasteiger partial charge in [0.15, 0.2) is 0 Å². The van der Waals surface area contributed by atoms with E-state index in [2.05, 4.69) is 33.8 Å². The van der Waals surface area contributed by atoms with Crippen molar-refractivity contribution in [3.05, 3.63) is 0 Å². The van der Waals surface area contributed by atoms with Gasteiger partial charge in [0.2, 0.25) is 0 Å². The molecule has 4 aliphatic carbocycles. The van der Waals surface area contributed by atoms with Crippen LogP contribution < -0.4 is 0 Å². The number of hydrogen-bond acceptors (Lipinski definition) is 3. The van der Waals surface area contributed by atoms with E-state index in [1.165, 1.54) is 25.7 Å². The van der Waals surface area contributed by atoms with E-state index in [1.54, 1.807) is 0 Å². The van der Waals surface area contributed by atoms with E-state index >= 15 is 0 Å². The molecule has 4 rings (SSSR count). The molecule has 29 heavy (non-hydrogen) atoms. The lowest BCUT2D eigenvalue weighted by Gasteiger charge is -2.64. The van der Waals surface area contributed by atoms with Gasteiger partial charge in [-0.3, -0.25) is 0 Å². The molecule has 164 valence electrons. The zero-order valence-corrected chi connectivity index (χ0v) is 19.1. The van der Waals surface area contributed by atoms with Crippen LogP contribution in [0.4, 0.5) is 0 Å². The van der Waals surface area contributed by atoms with Crippen LogP contribution in [0, 0.1) is 63.6 Å². The highest BCUT2D eigenvalue weighted by Gasteiger charge is 2.64. The van der Waals surface area contributed by atoms with Crippen molar-refractivity contribution in [3.63, 3.8) is 0 Å². The van der Waals surface area contributed by atoms with Gasteiger partial charge in [-0.05, 0) is 104 Å². The molecule has 0 amide bonds. The predicted octanol–water partition coefficient (Wildman–Crippen LogP) is 5.55. The zero-order valence-electron chi connectivity index (χ0n) is 19.1. The number of aliphatic hydroxyl groups excluding tert-OH is 2. The van der Waals surface area contributed by atoms with Crippen LogP contribution in [-0.2, 0) is 0 Å². The van der Waals surface area contributed by atoms with Crippen molar-refractivity contribution in [1.29, 1.82) is 5.26 Å². The van der Waals surface area contributed by atoms with Gasteiger partial charge in [-0.25, -0.2) is 0 Å². The molecule has 0 heterocycles. The van der Waals surface area contributed by atoms with Gasteiger partial charge in [0, 0.05) is 6.42 Å². The normalized spacial score (nSPS) is 52.7. The van der Waals surface area contributed by atoms with Gasteiger partial charge >= 0.3 is 0 Å². The number of rotatable bonds is 4. The third kappa shape index (κ3) is 3.20. The first-order valence-electron chi connectivity index (χ1n) is 12.5. The quantitative estimate of drug-likeness (QED) is 0.646. The summed E-state index contributed by atoms with van der Waals surface area (Å²) in [6.07, 6.45) is 10.4. The molecular weight excluding hydrogens is 360 g/mol. The van der Waals surface area contributed by atoms with Crippen LogP contribution in [-0.4, -0.2) is 22.4 Å². The number of aliphatic hydroxyl groups is 2. The van der Waals surface area contributed by atoms with Crippen LogP contribution in [0.25, 0.3) is 0 Å². The maximum atomic E-state index is 11.7. The summed E-state index contributed by atoms with van der Waals surface area (Å²) in [6.45, 7) is 9.66. The monoisotopic (exact) mass is 403 g/mol. The van der Waals surface area contributed by atoms with Crippen LogP contribution in [0.5, 0.6) is 0 Å². The standard InChI is InChI=1S/C26H43NO2/c1-5-18-22-15-17(28)10-12-26(22,4)21-11-13-25(3)19(16(2)7-6-14-27)8-9-20(25)23(21)24(18)29/h16-24,28-29H,5-13,15H2,1-4H3/t16-,17-,18-,19-,20?,21?,22+,23?,24-,25-,26-/m1/s1/i14+2. The van der Waals surface area contributed by atoms with Crippen LogP contribution in [0.3, 0.4) is 0 Å². The third-order valence-corrected chi connectivity index (χ3v) is 10.9. The number of nitriles is 1. The molecule has 2 N–H and O–H groups in total. The fraction of sp³-hybridized carbons (Fsp3) is 0.962. The summed E-state index contributed by atoms with van der Waals surface area (Å²) in [7, 11) is 0. The first-order chi connectivity index (χ1) is 13.8. The van der Waals surface area contributed by atoms with E-state index in [4.69, 9.17) is 5.26 Å². The van der Waals surface area contributed by atoms with Crippen LogP contribution >= 0.6 is 0 Å². The van der Waals surface area contributed by atoms with E-state index in [1.807, 2.05) is 0 Å². The fourth-order valence-corrected chi connectivity index (χ4v) is 9.43. The summed E-state index contributed by atoms with van der Waals surface area (Å²) >= 11 is 0. The molecule has 0 saturated heterocycles. The molecule has 0 aromatic rings. The number of hydrogen-bond donors (Lipinski definition) is 2. The van der Waals surface area contributed by atoms with Gasteiger partial charge in [0.25, 0.3) is 0 Å². The van der Waals surface area contributed by atoms with E-state index < -0.39 is 0 Å². The molecule has 0 bridgehead atoms. The van der Waals surface area contributed by atoms with Gasteiger partial charge in [-0.1, -0.05) is 34.1 Å². The minimum atomic E-state index is -0.203. The first-order valence-corrected chi connectivity index (χ1v) is 12.5. The minimum Gasteiger partial charge on any atom is -0.393 e. The topological polar surface area (TPSA) is 64.2 Å². The smallest absolute Gasteiger partial charge is 0.0621 e. The van der Waals surface area contributed by atoms with Crippen molar-refractivity contribution in [2.45, 2.75) is 104 Å². The van der Waals surface area contributed by atoms with Gasteiger partial charge in [-0.2, -0.15) is 5.26 Å². The first kappa shape index (κ1) is 21.6. The number of nitrogens with zero attached hydrogens (tertiary/aromatic N) is 1. The van der Waals surface area contributed by atoms with Crippen molar-refractivity contribution < 1.29 is 10.2 Å². The lowest BCUT2D eigenvalue weighted by atomic mass is 9.41. The van der Waals surface area contributed by atoms with Gasteiger partial charge in [0.05, 0.1) is 18.3 Å². The molecule has 3 nitrogen and oxygen atoms in total. The SMILES string of the molecule is CC[C@H]1[C@@H](O)C2C3CC[C@H]([C@H](C)CC[14C]#N)[C@@]3(C)CCC2[C@@]2(C)CC[C@@H](O)C[C@@H]12. The van der Waals surface area contributed by atoms with Crippen molar-refractivity contribution >= 4 is 0 Å². The van der Waals surface area contributed by atoms with Crippen molar-refractivity contribution in [2.24, 2.45) is 52.3 Å². The van der Waals surface area contributed by atoms with Crippen LogP contribution in [0.1, 0.15) is 91.9 Å². The zero-order chi connectivity index (χ0) is 21.0. The highest BCUT2D eigenvalue weighted by molar-refractivity contribution is 5.13. The van der Waals surface area contributed by atoms with Gasteiger partial charge < -0.3 is 10.2 Å². The third-order valence-electron chi connectivity index (χ3n) is 10.9. The molecule has 0 spiro atoms. The molecule has 3 unspecified atom stereocenters. The molecule has 0 aromatic heterocycles. The molecule has 4 fully saturated rings. The van der Waals surface area contributed by atoms with Crippen LogP contribution in [0.15, 0.2) is 0 Å². The Bertz CT molecular complexity index is 643. The molecule has 0 aromatic carbocycles. The lowest BCUT2D eigenvalue weighted by molar-refractivity contribution is -0.203. The molecule has 4 saturated carbocycles. The Morgan fingerprint density at radius 2 is 1.69 bits per heavy atom. The van der Waals surface area contributed by atoms with E-state index in [0.29, 0.717) is 53.3 Å². The Labute approximate surface area is 178 Å². The molecule has 4 aliphatic rings. The average Bonchev–Trinajstić information content (AvgIpc) is 3.05. The average molecular weight is 404 g/mol. The molecular formula is C26H43NO2. The van der Waals surface area contributed by atoms with Crippen LogP contribution in [0.2, 0.25) is 0 Å². The fourth-order valence-electron chi connectivity index (χ4n) is 9.43. The largest absolute Gasteiger partial charge is 0.393 e. The highest BCUT2D eigenvalue weighted by Crippen LogP contribution is 2.69. The maximum Gasteiger partial charge on any atom is 0.0621 e. The molecule has 0 aliphatic heterocycles.